The molecule has 1 amide bonds. The van der Waals surface area contributed by atoms with Gasteiger partial charge in [0.15, 0.2) is 10.8 Å². The Morgan fingerprint density at radius 3 is 2.60 bits per heavy atom. The number of nitrogens with zero attached hydrogens (tertiary/aromatic N) is 6. The first kappa shape index (κ1) is 22.6. The molecule has 0 fully saturated rings. The van der Waals surface area contributed by atoms with Crippen molar-refractivity contribution in [3.05, 3.63) is 77.0 Å². The highest BCUT2D eigenvalue weighted by Crippen LogP contribution is 2.31. The Kier molecular flexibility index (Phi) is 5.70. The summed E-state index contributed by atoms with van der Waals surface area (Å²) in [6.45, 7) is 5.48. The predicted octanol–water partition coefficient (Wildman–Crippen LogP) is 4.74. The molecule has 0 radical (unpaired) electrons. The molecule has 0 atom stereocenters. The normalized spacial score (nSPS) is 11.2. The van der Waals surface area contributed by atoms with Crippen LogP contribution < -0.4 is 5.32 Å². The fourth-order valence-corrected chi connectivity index (χ4v) is 4.74. The van der Waals surface area contributed by atoms with Gasteiger partial charge in [-0.25, -0.2) is 14.4 Å². The van der Waals surface area contributed by atoms with Gasteiger partial charge in [-0.3, -0.25) is 9.36 Å². The number of halogens is 1. The number of hydrogen-bond acceptors (Lipinski definition) is 6. The molecule has 10 heteroatoms. The maximum absolute atomic E-state index is 13.5. The van der Waals surface area contributed by atoms with Crippen LogP contribution in [0.15, 0.2) is 53.7 Å². The number of para-hydroxylation sites is 1. The number of carbonyl (C=O) groups is 1. The van der Waals surface area contributed by atoms with Crippen LogP contribution in [0.2, 0.25) is 0 Å². The van der Waals surface area contributed by atoms with E-state index in [0.29, 0.717) is 33.7 Å². The molecule has 8 nitrogen and oxygen atoms in total. The lowest BCUT2D eigenvalue weighted by molar-refractivity contribution is -0.113. The second-order valence-electron chi connectivity index (χ2n) is 8.00. The van der Waals surface area contributed by atoms with E-state index in [0.717, 1.165) is 22.2 Å². The Hall–Kier alpha value is -4.23. The third-order valence-corrected chi connectivity index (χ3v) is 6.68. The van der Waals surface area contributed by atoms with Gasteiger partial charge in [-0.1, -0.05) is 23.9 Å². The minimum absolute atomic E-state index is 0.0386. The summed E-state index contributed by atoms with van der Waals surface area (Å²) in [5, 5.41) is 18.5. The van der Waals surface area contributed by atoms with Crippen molar-refractivity contribution in [3.8, 4) is 11.8 Å². The summed E-state index contributed by atoms with van der Waals surface area (Å²) in [6.07, 6.45) is 0. The van der Waals surface area contributed by atoms with E-state index in [4.69, 9.17) is 0 Å². The number of nitrogens with one attached hydrogen (secondary N) is 1. The number of rotatable bonds is 5. The third kappa shape index (κ3) is 4.00. The number of thioether (sulfide) groups is 1. The molecule has 1 N–H and O–H groups in total. The van der Waals surface area contributed by atoms with Gasteiger partial charge >= 0.3 is 0 Å². The predicted molar refractivity (Wildman–Crippen MR) is 132 cm³/mol. The zero-order valence-corrected chi connectivity index (χ0v) is 20.0. The number of nitriles is 1. The number of carbonyl (C=O) groups excluding carboxylic acids is 1. The molecule has 0 unspecified atom stereocenters. The van der Waals surface area contributed by atoms with Crippen molar-refractivity contribution >= 4 is 40.0 Å². The summed E-state index contributed by atoms with van der Waals surface area (Å²) in [6, 6.07) is 15.7. The van der Waals surface area contributed by atoms with E-state index in [1.165, 1.54) is 23.9 Å². The Labute approximate surface area is 204 Å². The highest BCUT2D eigenvalue weighted by atomic mass is 32.2. The lowest BCUT2D eigenvalue weighted by Crippen LogP contribution is -2.18. The van der Waals surface area contributed by atoms with Crippen LogP contribution >= 0.6 is 11.8 Å². The van der Waals surface area contributed by atoms with Crippen LogP contribution in [0.5, 0.6) is 0 Å². The molecular formula is C25H20FN7OS. The second kappa shape index (κ2) is 8.85. The summed E-state index contributed by atoms with van der Waals surface area (Å²) in [5.41, 5.74) is 3.98. The van der Waals surface area contributed by atoms with E-state index in [2.05, 4.69) is 26.5 Å². The molecule has 3 aromatic heterocycles. The molecule has 3 heterocycles. The van der Waals surface area contributed by atoms with E-state index in [9.17, 15) is 14.4 Å². The van der Waals surface area contributed by atoms with Gasteiger partial charge in [0, 0.05) is 16.8 Å². The van der Waals surface area contributed by atoms with Crippen molar-refractivity contribution in [3.63, 3.8) is 0 Å². The van der Waals surface area contributed by atoms with Crippen LogP contribution in [-0.4, -0.2) is 35.8 Å². The van der Waals surface area contributed by atoms with Crippen LogP contribution in [0.4, 0.5) is 10.2 Å². The molecule has 0 saturated heterocycles. The summed E-state index contributed by atoms with van der Waals surface area (Å²) in [7, 11) is 0. The van der Waals surface area contributed by atoms with Crippen molar-refractivity contribution in [1.29, 1.82) is 5.26 Å². The van der Waals surface area contributed by atoms with E-state index in [-0.39, 0.29) is 17.5 Å². The first-order valence-corrected chi connectivity index (χ1v) is 11.8. The molecule has 35 heavy (non-hydrogen) atoms. The van der Waals surface area contributed by atoms with Gasteiger partial charge in [0.1, 0.15) is 23.5 Å². The second-order valence-corrected chi connectivity index (χ2v) is 8.94. The first-order chi connectivity index (χ1) is 16.9. The number of anilines is 1. The minimum atomic E-state index is -0.365. The highest BCUT2D eigenvalue weighted by Gasteiger charge is 2.21. The number of aryl methyl sites for hydroxylation is 1. The molecule has 0 spiro atoms. The molecule has 0 saturated carbocycles. The number of fused-ring (bicyclic) bond motifs is 3. The van der Waals surface area contributed by atoms with Gasteiger partial charge in [0.25, 0.3) is 0 Å². The van der Waals surface area contributed by atoms with Crippen LogP contribution in [0.3, 0.4) is 0 Å². The summed E-state index contributed by atoms with van der Waals surface area (Å²) in [4.78, 5) is 22.2. The number of amides is 1. The summed E-state index contributed by atoms with van der Waals surface area (Å²) < 4.78 is 16.9. The van der Waals surface area contributed by atoms with E-state index in [1.807, 2.05) is 38.1 Å². The monoisotopic (exact) mass is 485 g/mol. The Morgan fingerprint density at radius 2 is 1.86 bits per heavy atom. The maximum Gasteiger partial charge on any atom is 0.236 e. The van der Waals surface area contributed by atoms with Gasteiger partial charge in [0.05, 0.1) is 16.8 Å². The average molecular weight is 486 g/mol. The highest BCUT2D eigenvalue weighted by molar-refractivity contribution is 7.99. The number of benzene rings is 2. The van der Waals surface area contributed by atoms with Crippen LogP contribution in [-0.2, 0) is 4.79 Å². The molecular weight excluding hydrogens is 465 g/mol. The Bertz CT molecular complexity index is 1650. The molecule has 2 aromatic carbocycles. The van der Waals surface area contributed by atoms with Crippen molar-refractivity contribution in [2.24, 2.45) is 0 Å². The Balaban J connectivity index is 1.46. The fraction of sp³-hybridized carbons (Fsp3) is 0.160. The van der Waals surface area contributed by atoms with Gasteiger partial charge in [-0.05, 0) is 62.7 Å². The molecule has 0 bridgehead atoms. The average Bonchev–Trinajstić information content (AvgIpc) is 3.35. The van der Waals surface area contributed by atoms with Crippen LogP contribution in [0.25, 0.3) is 22.2 Å². The van der Waals surface area contributed by atoms with Crippen molar-refractivity contribution < 1.29 is 9.18 Å². The molecule has 0 aliphatic carbocycles. The summed E-state index contributed by atoms with van der Waals surface area (Å²) >= 11 is 1.23. The maximum atomic E-state index is 13.5. The minimum Gasteiger partial charge on any atom is -0.310 e. The van der Waals surface area contributed by atoms with E-state index in [1.54, 1.807) is 28.1 Å². The Morgan fingerprint density at radius 1 is 1.11 bits per heavy atom. The van der Waals surface area contributed by atoms with Gasteiger partial charge < -0.3 is 5.32 Å². The van der Waals surface area contributed by atoms with Crippen molar-refractivity contribution in [2.75, 3.05) is 11.1 Å². The molecule has 0 aliphatic heterocycles. The first-order valence-electron chi connectivity index (χ1n) is 10.8. The number of hydrogen-bond donors (Lipinski definition) is 1. The molecule has 0 aliphatic rings. The number of aromatic nitrogens is 5. The lowest BCUT2D eigenvalue weighted by Gasteiger charge is -2.13. The van der Waals surface area contributed by atoms with Crippen LogP contribution in [0.1, 0.15) is 22.6 Å². The lowest BCUT2D eigenvalue weighted by atomic mass is 10.2. The van der Waals surface area contributed by atoms with Crippen molar-refractivity contribution in [1.82, 2.24) is 24.1 Å². The van der Waals surface area contributed by atoms with E-state index >= 15 is 0 Å². The smallest absolute Gasteiger partial charge is 0.236 e. The van der Waals surface area contributed by atoms with Gasteiger partial charge in [0.2, 0.25) is 5.91 Å². The summed E-state index contributed by atoms with van der Waals surface area (Å²) in [5.74, 6) is 0.323. The van der Waals surface area contributed by atoms with Crippen molar-refractivity contribution in [2.45, 2.75) is 25.9 Å². The standard InChI is InChI=1S/C25H20FN7OS/c1-14-15(2)32(18-10-8-17(26)9-11-18)23(20(14)12-27)30-22(34)13-35-25-29-21-7-5-4-6-19(21)24-28-16(3)31-33(24)25/h4-11H,13H2,1-3H3,(H,30,34). The largest absolute Gasteiger partial charge is 0.310 e. The fourth-order valence-electron chi connectivity index (χ4n) is 4.00. The topological polar surface area (TPSA) is 101 Å². The van der Waals surface area contributed by atoms with Gasteiger partial charge in [-0.15, -0.1) is 5.10 Å². The molecule has 174 valence electrons. The third-order valence-electron chi connectivity index (χ3n) is 5.76. The van der Waals surface area contributed by atoms with Gasteiger partial charge in [-0.2, -0.15) is 9.78 Å². The zero-order valence-electron chi connectivity index (χ0n) is 19.2. The SMILES string of the molecule is Cc1nc2c3ccccc3nc(SCC(=O)Nc3c(C#N)c(C)c(C)n3-c3ccc(F)cc3)n2n1. The van der Waals surface area contributed by atoms with Crippen LogP contribution in [0, 0.1) is 37.9 Å². The quantitative estimate of drug-likeness (QED) is 0.285. The molecule has 5 aromatic rings. The molecule has 5 rings (SSSR count). The zero-order chi connectivity index (χ0) is 24.7. The van der Waals surface area contributed by atoms with E-state index < -0.39 is 0 Å².